The van der Waals surface area contributed by atoms with Gasteiger partial charge < -0.3 is 9.73 Å². The number of furan rings is 1. The second-order valence-corrected chi connectivity index (χ2v) is 5.51. The minimum absolute atomic E-state index is 0.165. The largest absolute Gasteiger partial charge is 0.456 e. The van der Waals surface area contributed by atoms with Crippen molar-refractivity contribution in [3.8, 4) is 0 Å². The third-order valence-electron chi connectivity index (χ3n) is 3.53. The molecular formula is C15H17F2NO. The molecule has 3 rings (SSSR count). The zero-order valence-electron chi connectivity index (χ0n) is 11.1. The molecule has 1 aromatic carbocycles. The molecule has 0 unspecified atom stereocenters. The Bertz CT molecular complexity index is 614. The van der Waals surface area contributed by atoms with Crippen LogP contribution in [0.5, 0.6) is 0 Å². The first-order chi connectivity index (χ1) is 9.06. The van der Waals surface area contributed by atoms with Gasteiger partial charge in [0.2, 0.25) is 0 Å². The van der Waals surface area contributed by atoms with E-state index in [1.165, 1.54) is 18.9 Å². The van der Waals surface area contributed by atoms with Crippen molar-refractivity contribution in [2.75, 3.05) is 0 Å². The lowest BCUT2D eigenvalue weighted by molar-refractivity contribution is 0.485. The average Bonchev–Trinajstić information content (AvgIpc) is 3.07. The number of hydrogen-bond donors (Lipinski definition) is 1. The van der Waals surface area contributed by atoms with E-state index < -0.39 is 11.6 Å². The van der Waals surface area contributed by atoms with Gasteiger partial charge in [0.05, 0.1) is 6.54 Å². The van der Waals surface area contributed by atoms with Gasteiger partial charge in [0, 0.05) is 23.1 Å². The quantitative estimate of drug-likeness (QED) is 0.900. The molecule has 0 radical (unpaired) electrons. The number of hydrogen-bond acceptors (Lipinski definition) is 2. The lowest BCUT2D eigenvalue weighted by Crippen LogP contribution is -2.15. The number of benzene rings is 1. The highest BCUT2D eigenvalue weighted by atomic mass is 19.1. The summed E-state index contributed by atoms with van der Waals surface area (Å²) in [7, 11) is 0. The third kappa shape index (κ3) is 2.37. The van der Waals surface area contributed by atoms with Gasteiger partial charge in [-0.2, -0.15) is 0 Å². The van der Waals surface area contributed by atoms with Gasteiger partial charge in [0.1, 0.15) is 11.6 Å². The van der Waals surface area contributed by atoms with E-state index in [0.717, 1.165) is 17.4 Å². The van der Waals surface area contributed by atoms with Crippen LogP contribution in [-0.4, -0.2) is 6.04 Å². The van der Waals surface area contributed by atoms with Crippen molar-refractivity contribution in [2.24, 2.45) is 0 Å². The Morgan fingerprint density at radius 1 is 1.32 bits per heavy atom. The highest BCUT2D eigenvalue weighted by Gasteiger charge is 2.24. The Morgan fingerprint density at radius 2 is 2.05 bits per heavy atom. The van der Waals surface area contributed by atoms with Crippen molar-refractivity contribution in [2.45, 2.75) is 45.2 Å². The number of rotatable bonds is 4. The molecule has 4 heteroatoms. The molecule has 1 saturated carbocycles. The molecule has 0 spiro atoms. The number of nitrogens with one attached hydrogen (secondary N) is 1. The topological polar surface area (TPSA) is 25.2 Å². The van der Waals surface area contributed by atoms with Crippen LogP contribution in [0.15, 0.2) is 16.5 Å². The van der Waals surface area contributed by atoms with Gasteiger partial charge in [0.25, 0.3) is 0 Å². The minimum atomic E-state index is -0.630. The molecule has 0 aliphatic heterocycles. The molecule has 2 aromatic rings. The van der Waals surface area contributed by atoms with Crippen LogP contribution >= 0.6 is 0 Å². The van der Waals surface area contributed by atoms with Gasteiger partial charge in [-0.05, 0) is 24.8 Å². The predicted molar refractivity (Wildman–Crippen MR) is 70.1 cm³/mol. The summed E-state index contributed by atoms with van der Waals surface area (Å²) in [5.74, 6) is -0.302. The zero-order valence-corrected chi connectivity index (χ0v) is 11.1. The van der Waals surface area contributed by atoms with Gasteiger partial charge in [-0.25, -0.2) is 8.78 Å². The van der Waals surface area contributed by atoms with Crippen molar-refractivity contribution in [1.29, 1.82) is 0 Å². The standard InChI is InChI=1S/C15H17F2NO/c1-8(2)14-11-5-9(16)6-12(17)15(11)19-13(14)7-18-10-3-4-10/h5-6,8,10,18H,3-4,7H2,1-2H3. The summed E-state index contributed by atoms with van der Waals surface area (Å²) in [4.78, 5) is 0. The molecule has 1 aliphatic carbocycles. The Kier molecular flexibility index (Phi) is 3.05. The van der Waals surface area contributed by atoms with Crippen molar-refractivity contribution in [3.05, 3.63) is 35.1 Å². The molecule has 0 saturated heterocycles. The van der Waals surface area contributed by atoms with Crippen molar-refractivity contribution in [3.63, 3.8) is 0 Å². The fraction of sp³-hybridized carbons (Fsp3) is 0.467. The first-order valence-electron chi connectivity index (χ1n) is 6.70. The van der Waals surface area contributed by atoms with Crippen molar-refractivity contribution < 1.29 is 13.2 Å². The smallest absolute Gasteiger partial charge is 0.170 e. The molecule has 0 atom stereocenters. The summed E-state index contributed by atoms with van der Waals surface area (Å²) >= 11 is 0. The van der Waals surface area contributed by atoms with E-state index in [0.29, 0.717) is 18.0 Å². The third-order valence-corrected chi connectivity index (χ3v) is 3.53. The lowest BCUT2D eigenvalue weighted by Gasteiger charge is -2.07. The summed E-state index contributed by atoms with van der Waals surface area (Å²) in [6.45, 7) is 4.59. The molecule has 0 amide bonds. The van der Waals surface area contributed by atoms with E-state index in [2.05, 4.69) is 5.32 Å². The normalized spacial score (nSPS) is 15.6. The van der Waals surface area contributed by atoms with Gasteiger partial charge in [-0.3, -0.25) is 0 Å². The van der Waals surface area contributed by atoms with Crippen LogP contribution in [0.1, 0.15) is 43.9 Å². The van der Waals surface area contributed by atoms with Crippen LogP contribution in [0.3, 0.4) is 0 Å². The van der Waals surface area contributed by atoms with E-state index in [-0.39, 0.29) is 11.5 Å². The Labute approximate surface area is 110 Å². The summed E-state index contributed by atoms with van der Waals surface area (Å²) in [5, 5.41) is 3.91. The molecular weight excluding hydrogens is 248 g/mol. The molecule has 2 nitrogen and oxygen atoms in total. The lowest BCUT2D eigenvalue weighted by atomic mass is 9.99. The highest BCUT2D eigenvalue weighted by molar-refractivity contribution is 5.83. The van der Waals surface area contributed by atoms with Crippen LogP contribution in [0.2, 0.25) is 0 Å². The first-order valence-corrected chi connectivity index (χ1v) is 6.70. The molecule has 19 heavy (non-hydrogen) atoms. The van der Waals surface area contributed by atoms with Crippen LogP contribution in [-0.2, 0) is 6.54 Å². The van der Waals surface area contributed by atoms with Crippen LogP contribution in [0, 0.1) is 11.6 Å². The molecule has 1 heterocycles. The fourth-order valence-electron chi connectivity index (χ4n) is 2.48. The summed E-state index contributed by atoms with van der Waals surface area (Å²) in [5.41, 5.74) is 1.07. The van der Waals surface area contributed by atoms with Crippen LogP contribution < -0.4 is 5.32 Å². The second kappa shape index (κ2) is 4.60. The molecule has 1 N–H and O–H groups in total. The minimum Gasteiger partial charge on any atom is -0.456 e. The van der Waals surface area contributed by atoms with Gasteiger partial charge in [0.15, 0.2) is 11.4 Å². The van der Waals surface area contributed by atoms with E-state index in [4.69, 9.17) is 4.42 Å². The van der Waals surface area contributed by atoms with Crippen LogP contribution in [0.25, 0.3) is 11.0 Å². The SMILES string of the molecule is CC(C)c1c(CNC2CC2)oc2c(F)cc(F)cc12. The van der Waals surface area contributed by atoms with Gasteiger partial charge >= 0.3 is 0 Å². The van der Waals surface area contributed by atoms with Crippen molar-refractivity contribution in [1.82, 2.24) is 5.32 Å². The molecule has 1 fully saturated rings. The Morgan fingerprint density at radius 3 is 2.68 bits per heavy atom. The average molecular weight is 265 g/mol. The van der Waals surface area contributed by atoms with E-state index in [1.54, 1.807) is 0 Å². The Hall–Kier alpha value is -1.42. The zero-order chi connectivity index (χ0) is 13.6. The highest BCUT2D eigenvalue weighted by Crippen LogP contribution is 2.34. The molecule has 1 aromatic heterocycles. The summed E-state index contributed by atoms with van der Waals surface area (Å²) in [6.07, 6.45) is 2.36. The van der Waals surface area contributed by atoms with Crippen molar-refractivity contribution >= 4 is 11.0 Å². The summed E-state index contributed by atoms with van der Waals surface area (Å²) < 4.78 is 32.8. The van der Waals surface area contributed by atoms with E-state index >= 15 is 0 Å². The Balaban J connectivity index is 2.08. The van der Waals surface area contributed by atoms with Crippen LogP contribution in [0.4, 0.5) is 8.78 Å². The van der Waals surface area contributed by atoms with Gasteiger partial charge in [-0.1, -0.05) is 13.8 Å². The predicted octanol–water partition coefficient (Wildman–Crippen LogP) is 4.09. The van der Waals surface area contributed by atoms with E-state index in [9.17, 15) is 8.78 Å². The molecule has 0 bridgehead atoms. The maximum Gasteiger partial charge on any atom is 0.170 e. The monoisotopic (exact) mass is 265 g/mol. The first kappa shape index (κ1) is 12.6. The van der Waals surface area contributed by atoms with E-state index in [1.807, 2.05) is 13.8 Å². The second-order valence-electron chi connectivity index (χ2n) is 5.51. The van der Waals surface area contributed by atoms with Gasteiger partial charge in [-0.15, -0.1) is 0 Å². The molecule has 1 aliphatic rings. The summed E-state index contributed by atoms with van der Waals surface area (Å²) in [6, 6.07) is 2.78. The fourth-order valence-corrected chi connectivity index (χ4v) is 2.48. The maximum atomic E-state index is 13.8. The maximum absolute atomic E-state index is 13.8. The number of halogens is 2. The number of fused-ring (bicyclic) bond motifs is 1. The molecule has 102 valence electrons.